The van der Waals surface area contributed by atoms with Gasteiger partial charge < -0.3 is 20.3 Å². The third kappa shape index (κ3) is 13.1. The molecule has 0 saturated heterocycles. The summed E-state index contributed by atoms with van der Waals surface area (Å²) in [5.74, 6) is -1.36. The molecule has 282 valence electrons. The lowest BCUT2D eigenvalue weighted by Crippen LogP contribution is -2.61. The van der Waals surface area contributed by atoms with Crippen LogP contribution in [0, 0.1) is 11.3 Å². The molecule has 2 aromatic rings. The molecule has 0 aliphatic carbocycles. The summed E-state index contributed by atoms with van der Waals surface area (Å²) in [4.78, 5) is 53.8. The molecule has 2 rings (SSSR count). The Labute approximate surface area is 309 Å². The topological polar surface area (TPSA) is 151 Å². The van der Waals surface area contributed by atoms with Gasteiger partial charge in [0.15, 0.2) is 5.12 Å². The average molecular weight is 745 g/mol. The molecular formula is C38H56N4O7S2. The predicted octanol–water partition coefficient (Wildman–Crippen LogP) is 4.77. The highest BCUT2D eigenvalue weighted by Gasteiger charge is 2.41. The Morgan fingerprint density at radius 1 is 0.941 bits per heavy atom. The van der Waals surface area contributed by atoms with Crippen molar-refractivity contribution < 1.29 is 32.3 Å². The van der Waals surface area contributed by atoms with Gasteiger partial charge in [-0.1, -0.05) is 97.0 Å². The SMILES string of the molecule is CN[C@H](C(=O)N[C@H](C(=O)N(C)[C@H](/C=C(\C)C(=O)NS(=O)(=O)Cc1ccccc1)C(C)C)C(C)(C)C)C(C)(C)c1ccc(OCCCC(=O)S)cc1. The van der Waals surface area contributed by atoms with Crippen LogP contribution in [0.3, 0.4) is 0 Å². The van der Waals surface area contributed by atoms with Crippen molar-refractivity contribution in [3.63, 3.8) is 0 Å². The Hall–Kier alpha value is -3.68. The molecule has 3 atom stereocenters. The minimum Gasteiger partial charge on any atom is -0.494 e. The second-order valence-corrected chi connectivity index (χ2v) is 17.1. The van der Waals surface area contributed by atoms with Crippen molar-refractivity contribution in [3.8, 4) is 5.75 Å². The lowest BCUT2D eigenvalue weighted by Gasteiger charge is -2.40. The van der Waals surface area contributed by atoms with Crippen LogP contribution < -0.4 is 20.1 Å². The van der Waals surface area contributed by atoms with Crippen LogP contribution in [0.15, 0.2) is 66.2 Å². The molecule has 3 amide bonds. The molecule has 2 aromatic carbocycles. The van der Waals surface area contributed by atoms with Crippen LogP contribution in [0.2, 0.25) is 0 Å². The van der Waals surface area contributed by atoms with Crippen LogP contribution in [-0.2, 0) is 40.4 Å². The summed E-state index contributed by atoms with van der Waals surface area (Å²) in [5.41, 5.74) is 0.158. The molecule has 0 aliphatic heterocycles. The molecule has 0 radical (unpaired) electrons. The van der Waals surface area contributed by atoms with Crippen molar-refractivity contribution in [2.45, 2.75) is 97.5 Å². The number of thiol groups is 1. The van der Waals surface area contributed by atoms with Gasteiger partial charge in [0.2, 0.25) is 21.8 Å². The number of nitrogens with one attached hydrogen (secondary N) is 3. The van der Waals surface area contributed by atoms with Crippen molar-refractivity contribution in [2.24, 2.45) is 11.3 Å². The molecule has 0 saturated carbocycles. The van der Waals surface area contributed by atoms with E-state index in [2.05, 4.69) is 28.0 Å². The molecule has 3 N–H and O–H groups in total. The Kier molecular flexibility index (Phi) is 15.9. The summed E-state index contributed by atoms with van der Waals surface area (Å²) in [6.07, 6.45) is 2.47. The van der Waals surface area contributed by atoms with Gasteiger partial charge in [-0.2, -0.15) is 0 Å². The van der Waals surface area contributed by atoms with Gasteiger partial charge in [0.25, 0.3) is 5.91 Å². The van der Waals surface area contributed by atoms with Crippen molar-refractivity contribution in [2.75, 3.05) is 20.7 Å². The fourth-order valence-corrected chi connectivity index (χ4v) is 7.05. The van der Waals surface area contributed by atoms with E-state index in [1.165, 1.54) is 11.8 Å². The second kappa shape index (κ2) is 18.7. The number of rotatable bonds is 18. The number of carbonyl (C=O) groups excluding carboxylic acids is 4. The van der Waals surface area contributed by atoms with Crippen LogP contribution in [0.25, 0.3) is 0 Å². The lowest BCUT2D eigenvalue weighted by molar-refractivity contribution is -0.140. The van der Waals surface area contributed by atoms with Gasteiger partial charge in [-0.05, 0) is 55.0 Å². The number of sulfonamides is 1. The number of carbonyl (C=O) groups is 4. The summed E-state index contributed by atoms with van der Waals surface area (Å²) in [6, 6.07) is 13.7. The fraction of sp³-hybridized carbons (Fsp3) is 0.526. The summed E-state index contributed by atoms with van der Waals surface area (Å²) in [5, 5.41) is 5.96. The van der Waals surface area contributed by atoms with Gasteiger partial charge >= 0.3 is 0 Å². The van der Waals surface area contributed by atoms with Crippen molar-refractivity contribution in [1.82, 2.24) is 20.3 Å². The summed E-state index contributed by atoms with van der Waals surface area (Å²) >= 11 is 3.78. The van der Waals surface area contributed by atoms with Gasteiger partial charge in [0.05, 0.1) is 24.4 Å². The van der Waals surface area contributed by atoms with Gasteiger partial charge in [-0.3, -0.25) is 19.2 Å². The van der Waals surface area contributed by atoms with Crippen LogP contribution in [0.4, 0.5) is 0 Å². The zero-order valence-corrected chi connectivity index (χ0v) is 33.3. The van der Waals surface area contributed by atoms with E-state index in [1.807, 2.05) is 72.7 Å². The van der Waals surface area contributed by atoms with Crippen LogP contribution >= 0.6 is 12.6 Å². The molecule has 0 aromatic heterocycles. The number of hydrogen-bond donors (Lipinski definition) is 4. The van der Waals surface area contributed by atoms with E-state index in [1.54, 1.807) is 50.5 Å². The van der Waals surface area contributed by atoms with Gasteiger partial charge in [-0.15, -0.1) is 12.6 Å². The van der Waals surface area contributed by atoms with Crippen LogP contribution in [-0.4, -0.2) is 75.0 Å². The van der Waals surface area contributed by atoms with E-state index >= 15 is 0 Å². The first-order chi connectivity index (χ1) is 23.6. The maximum absolute atomic E-state index is 14.2. The molecule has 0 heterocycles. The number of hydrogen-bond acceptors (Lipinski definition) is 8. The number of ether oxygens (including phenoxy) is 1. The van der Waals surface area contributed by atoms with Gasteiger partial charge in [0, 0.05) is 24.5 Å². The third-order valence-corrected chi connectivity index (χ3v) is 10.2. The number of likely N-dealkylation sites (N-methyl/N-ethyl adjacent to an activating group) is 2. The zero-order valence-electron chi connectivity index (χ0n) is 31.6. The Morgan fingerprint density at radius 3 is 2.04 bits per heavy atom. The molecule has 0 unspecified atom stereocenters. The van der Waals surface area contributed by atoms with Crippen molar-refractivity contribution in [1.29, 1.82) is 0 Å². The van der Waals surface area contributed by atoms with Gasteiger partial charge in [-0.25, -0.2) is 13.1 Å². The highest BCUT2D eigenvalue weighted by Crippen LogP contribution is 2.30. The average Bonchev–Trinajstić information content (AvgIpc) is 3.03. The van der Waals surface area contributed by atoms with E-state index in [9.17, 15) is 27.6 Å². The monoisotopic (exact) mass is 744 g/mol. The molecule has 11 nitrogen and oxygen atoms in total. The smallest absolute Gasteiger partial charge is 0.260 e. The molecule has 51 heavy (non-hydrogen) atoms. The first-order valence-corrected chi connectivity index (χ1v) is 19.2. The first kappa shape index (κ1) is 43.5. The summed E-state index contributed by atoms with van der Waals surface area (Å²) < 4.78 is 33.3. The molecule has 0 fully saturated rings. The van der Waals surface area contributed by atoms with E-state index in [-0.39, 0.29) is 34.2 Å². The number of amides is 3. The van der Waals surface area contributed by atoms with E-state index < -0.39 is 44.9 Å². The molecule has 0 bridgehead atoms. The largest absolute Gasteiger partial charge is 0.494 e. The second-order valence-electron chi connectivity index (χ2n) is 14.8. The molecule has 0 aliphatic rings. The Morgan fingerprint density at radius 2 is 1.53 bits per heavy atom. The van der Waals surface area contributed by atoms with E-state index in [0.717, 1.165) is 5.56 Å². The number of nitrogens with zero attached hydrogens (tertiary/aromatic N) is 1. The minimum absolute atomic E-state index is 0.141. The maximum atomic E-state index is 14.2. The zero-order chi connectivity index (χ0) is 38.7. The van der Waals surface area contributed by atoms with Gasteiger partial charge in [0.1, 0.15) is 11.8 Å². The van der Waals surface area contributed by atoms with Crippen molar-refractivity contribution in [3.05, 3.63) is 77.4 Å². The Balaban J connectivity index is 2.25. The standard InChI is InChI=1S/C38H56N4O7S2/c1-25(2)30(23-26(3)34(44)41-51(47,48)24-27-15-12-11-13-16-27)42(10)36(46)33(37(4,5)6)40-35(45)32(39-9)38(7,8)28-18-20-29(21-19-28)49-22-14-17-31(43)50/h11-13,15-16,18-21,23,25,30,32-33,39H,14,17,22,24H2,1-10H3,(H,40,45)(H,41,44)(H,43,50)/b26-23+/t30-,32-,33-/m1/s1. The normalized spacial score (nSPS) is 14.3. The molecular weight excluding hydrogens is 689 g/mol. The van der Waals surface area contributed by atoms with Crippen molar-refractivity contribution >= 4 is 45.5 Å². The quantitative estimate of drug-likeness (QED) is 0.0969. The predicted molar refractivity (Wildman–Crippen MR) is 205 cm³/mol. The summed E-state index contributed by atoms with van der Waals surface area (Å²) in [6.45, 7) is 15.2. The van der Waals surface area contributed by atoms with Crippen LogP contribution in [0.1, 0.15) is 79.4 Å². The minimum atomic E-state index is -3.96. The van der Waals surface area contributed by atoms with E-state index in [4.69, 9.17) is 4.74 Å². The third-order valence-electron chi connectivity index (χ3n) is 8.78. The maximum Gasteiger partial charge on any atom is 0.260 e. The molecule has 0 spiro atoms. The highest BCUT2D eigenvalue weighted by atomic mass is 32.2. The highest BCUT2D eigenvalue weighted by molar-refractivity contribution is 7.96. The lowest BCUT2D eigenvalue weighted by atomic mass is 9.76. The molecule has 13 heteroatoms. The number of benzene rings is 2. The first-order valence-electron chi connectivity index (χ1n) is 17.1. The van der Waals surface area contributed by atoms with Crippen LogP contribution in [0.5, 0.6) is 5.75 Å². The fourth-order valence-electron chi connectivity index (χ4n) is 5.74. The van der Waals surface area contributed by atoms with E-state index in [0.29, 0.717) is 30.8 Å². The summed E-state index contributed by atoms with van der Waals surface area (Å²) in [7, 11) is -0.653. The Bertz CT molecular complexity index is 1630.